The summed E-state index contributed by atoms with van der Waals surface area (Å²) in [4.78, 5) is 0. The van der Waals surface area contributed by atoms with Crippen LogP contribution in [-0.4, -0.2) is 12.6 Å². The van der Waals surface area contributed by atoms with E-state index in [1.807, 2.05) is 6.07 Å². The van der Waals surface area contributed by atoms with Crippen molar-refractivity contribution in [1.29, 1.82) is 0 Å². The Kier molecular flexibility index (Phi) is 6.71. The van der Waals surface area contributed by atoms with E-state index in [4.69, 9.17) is 4.74 Å². The normalized spacial score (nSPS) is 12.4. The van der Waals surface area contributed by atoms with Gasteiger partial charge in [-0.3, -0.25) is 0 Å². The number of unbranched alkanes of at least 4 members (excludes halogenated alkanes) is 1. The molecule has 0 aliphatic rings. The van der Waals surface area contributed by atoms with E-state index in [0.717, 1.165) is 31.7 Å². The van der Waals surface area contributed by atoms with E-state index >= 15 is 0 Å². The van der Waals surface area contributed by atoms with Crippen molar-refractivity contribution < 1.29 is 4.74 Å². The number of hydrogen-bond donors (Lipinski definition) is 1. The van der Waals surface area contributed by atoms with Crippen LogP contribution in [0.1, 0.15) is 45.6 Å². The lowest BCUT2D eigenvalue weighted by Crippen LogP contribution is -2.24. The van der Waals surface area contributed by atoms with Gasteiger partial charge < -0.3 is 10.1 Å². The van der Waals surface area contributed by atoms with Crippen molar-refractivity contribution in [2.45, 2.75) is 52.6 Å². The molecule has 1 aromatic carbocycles. The maximum Gasteiger partial charge on any atom is 0.123 e. The number of ether oxygens (including phenoxy) is 1. The van der Waals surface area contributed by atoms with Crippen molar-refractivity contribution in [3.63, 3.8) is 0 Å². The molecule has 0 unspecified atom stereocenters. The predicted octanol–water partition coefficient (Wildman–Crippen LogP) is 3.75. The van der Waals surface area contributed by atoms with Crippen LogP contribution in [0, 0.1) is 0 Å². The summed E-state index contributed by atoms with van der Waals surface area (Å²) in [5.74, 6) is 1.02. The number of benzene rings is 1. The highest BCUT2D eigenvalue weighted by atomic mass is 16.5. The molecule has 1 aromatic rings. The van der Waals surface area contributed by atoms with Crippen molar-refractivity contribution in [2.24, 2.45) is 0 Å². The van der Waals surface area contributed by atoms with Crippen LogP contribution in [-0.2, 0) is 6.54 Å². The molecule has 0 heterocycles. The predicted molar refractivity (Wildman–Crippen MR) is 73.4 cm³/mol. The second-order valence-corrected chi connectivity index (χ2v) is 4.50. The van der Waals surface area contributed by atoms with Crippen LogP contribution in [0.15, 0.2) is 24.3 Å². The third kappa shape index (κ3) is 5.22. The average Bonchev–Trinajstić information content (AvgIpc) is 2.37. The molecule has 0 radical (unpaired) electrons. The smallest absolute Gasteiger partial charge is 0.123 e. The van der Waals surface area contributed by atoms with Crippen LogP contribution in [0.3, 0.4) is 0 Å². The summed E-state index contributed by atoms with van der Waals surface area (Å²) in [7, 11) is 0. The largest absolute Gasteiger partial charge is 0.493 e. The molecule has 1 atom stereocenters. The monoisotopic (exact) mass is 235 g/mol. The molecule has 0 saturated heterocycles. The molecule has 2 heteroatoms. The molecule has 0 aliphatic heterocycles. The van der Waals surface area contributed by atoms with Crippen LogP contribution in [0.2, 0.25) is 0 Å². The minimum Gasteiger partial charge on any atom is -0.493 e. The molecule has 1 rings (SSSR count). The maximum atomic E-state index is 5.80. The maximum absolute atomic E-state index is 5.80. The number of para-hydroxylation sites is 1. The zero-order valence-corrected chi connectivity index (χ0v) is 11.3. The summed E-state index contributed by atoms with van der Waals surface area (Å²) in [5, 5.41) is 3.50. The van der Waals surface area contributed by atoms with E-state index in [1.54, 1.807) is 0 Å². The molecule has 0 aliphatic carbocycles. The molecule has 0 spiro atoms. The quantitative estimate of drug-likeness (QED) is 0.693. The Morgan fingerprint density at radius 2 is 2.00 bits per heavy atom. The van der Waals surface area contributed by atoms with Gasteiger partial charge in [0, 0.05) is 18.2 Å². The fraction of sp³-hybridized carbons (Fsp3) is 0.600. The summed E-state index contributed by atoms with van der Waals surface area (Å²) in [6.07, 6.45) is 3.44. The standard InChI is InChI=1S/C15H25NO/c1-4-6-11-17-15-10-8-7-9-14(15)12-16-13(3)5-2/h7-10,13,16H,4-6,11-12H2,1-3H3/t13-/m1/s1. The SMILES string of the molecule is CCCCOc1ccccc1CN[C@H](C)CC. The number of nitrogens with one attached hydrogen (secondary N) is 1. The van der Waals surface area contributed by atoms with Crippen molar-refractivity contribution >= 4 is 0 Å². The van der Waals surface area contributed by atoms with Gasteiger partial charge in [0.05, 0.1) is 6.61 Å². The summed E-state index contributed by atoms with van der Waals surface area (Å²) < 4.78 is 5.80. The first-order chi connectivity index (χ1) is 8.27. The minimum absolute atomic E-state index is 0.554. The van der Waals surface area contributed by atoms with Crippen LogP contribution < -0.4 is 10.1 Å². The van der Waals surface area contributed by atoms with E-state index in [2.05, 4.69) is 44.3 Å². The van der Waals surface area contributed by atoms with Crippen LogP contribution in [0.25, 0.3) is 0 Å². The Balaban J connectivity index is 2.51. The van der Waals surface area contributed by atoms with E-state index < -0.39 is 0 Å². The number of hydrogen-bond acceptors (Lipinski definition) is 2. The Morgan fingerprint density at radius 1 is 1.24 bits per heavy atom. The third-order valence-corrected chi connectivity index (χ3v) is 2.98. The second kappa shape index (κ2) is 8.13. The van der Waals surface area contributed by atoms with Gasteiger partial charge in [0.15, 0.2) is 0 Å². The first kappa shape index (κ1) is 14.0. The lowest BCUT2D eigenvalue weighted by molar-refractivity contribution is 0.305. The first-order valence-corrected chi connectivity index (χ1v) is 6.72. The molecular formula is C15H25NO. The van der Waals surface area contributed by atoms with Crippen LogP contribution in [0.5, 0.6) is 5.75 Å². The van der Waals surface area contributed by atoms with Gasteiger partial charge in [-0.1, -0.05) is 38.5 Å². The summed E-state index contributed by atoms with van der Waals surface area (Å²) >= 11 is 0. The van der Waals surface area contributed by atoms with E-state index in [0.29, 0.717) is 6.04 Å². The van der Waals surface area contributed by atoms with Crippen LogP contribution >= 0.6 is 0 Å². The molecule has 0 aromatic heterocycles. The zero-order valence-electron chi connectivity index (χ0n) is 11.3. The molecule has 2 nitrogen and oxygen atoms in total. The Hall–Kier alpha value is -1.02. The van der Waals surface area contributed by atoms with Crippen LogP contribution in [0.4, 0.5) is 0 Å². The van der Waals surface area contributed by atoms with Crippen molar-refractivity contribution in [1.82, 2.24) is 5.32 Å². The highest BCUT2D eigenvalue weighted by Gasteiger charge is 2.04. The molecule has 0 amide bonds. The molecular weight excluding hydrogens is 210 g/mol. The van der Waals surface area contributed by atoms with Gasteiger partial charge in [-0.05, 0) is 25.8 Å². The summed E-state index contributed by atoms with van der Waals surface area (Å²) in [6.45, 7) is 8.29. The molecule has 0 saturated carbocycles. The summed E-state index contributed by atoms with van der Waals surface area (Å²) in [6, 6.07) is 8.85. The van der Waals surface area contributed by atoms with Gasteiger partial charge in [0.2, 0.25) is 0 Å². The third-order valence-electron chi connectivity index (χ3n) is 2.98. The van der Waals surface area contributed by atoms with Crippen molar-refractivity contribution in [3.8, 4) is 5.75 Å². The molecule has 0 fully saturated rings. The molecule has 1 N–H and O–H groups in total. The minimum atomic E-state index is 0.554. The van der Waals surface area contributed by atoms with Gasteiger partial charge in [-0.15, -0.1) is 0 Å². The zero-order chi connectivity index (χ0) is 12.5. The van der Waals surface area contributed by atoms with Gasteiger partial charge in [0.1, 0.15) is 5.75 Å². The number of rotatable bonds is 8. The topological polar surface area (TPSA) is 21.3 Å². The van der Waals surface area contributed by atoms with Gasteiger partial charge in [0.25, 0.3) is 0 Å². The van der Waals surface area contributed by atoms with Gasteiger partial charge >= 0.3 is 0 Å². The van der Waals surface area contributed by atoms with E-state index in [1.165, 1.54) is 12.0 Å². The highest BCUT2D eigenvalue weighted by Crippen LogP contribution is 2.18. The van der Waals surface area contributed by atoms with Crippen molar-refractivity contribution in [2.75, 3.05) is 6.61 Å². The first-order valence-electron chi connectivity index (χ1n) is 6.72. The van der Waals surface area contributed by atoms with E-state index in [9.17, 15) is 0 Å². The Morgan fingerprint density at radius 3 is 2.71 bits per heavy atom. The van der Waals surface area contributed by atoms with Crippen molar-refractivity contribution in [3.05, 3.63) is 29.8 Å². The van der Waals surface area contributed by atoms with Gasteiger partial charge in [-0.25, -0.2) is 0 Å². The fourth-order valence-electron chi connectivity index (χ4n) is 1.55. The summed E-state index contributed by atoms with van der Waals surface area (Å²) in [5.41, 5.74) is 1.25. The average molecular weight is 235 g/mol. The fourth-order valence-corrected chi connectivity index (χ4v) is 1.55. The van der Waals surface area contributed by atoms with Gasteiger partial charge in [-0.2, -0.15) is 0 Å². The molecule has 96 valence electrons. The molecule has 17 heavy (non-hydrogen) atoms. The highest BCUT2D eigenvalue weighted by molar-refractivity contribution is 5.33. The van der Waals surface area contributed by atoms with E-state index in [-0.39, 0.29) is 0 Å². The lowest BCUT2D eigenvalue weighted by Gasteiger charge is -2.14. The Bertz CT molecular complexity index is 312. The second-order valence-electron chi connectivity index (χ2n) is 4.50. The molecule has 0 bridgehead atoms. The Labute approximate surface area is 105 Å². The lowest BCUT2D eigenvalue weighted by atomic mass is 10.2.